The summed E-state index contributed by atoms with van der Waals surface area (Å²) in [4.78, 5) is 12.7. The lowest BCUT2D eigenvalue weighted by Gasteiger charge is -2.23. The molecule has 0 radical (unpaired) electrons. The van der Waals surface area contributed by atoms with E-state index in [1.807, 2.05) is 44.2 Å². The van der Waals surface area contributed by atoms with Gasteiger partial charge in [-0.15, -0.1) is 0 Å². The molecule has 0 saturated carbocycles. The standard InChI is InChI=1S/C19H21F2NO2/c1-3-13(2)17(14-7-5-4-6-8-14)18(23)22-15-9-11-16(12-10-15)24-19(20)21/h4-13,17,19H,3H2,1-2H3,(H,22,23). The van der Waals surface area contributed by atoms with Gasteiger partial charge in [0.15, 0.2) is 0 Å². The van der Waals surface area contributed by atoms with Gasteiger partial charge < -0.3 is 10.1 Å². The maximum atomic E-state index is 12.7. The summed E-state index contributed by atoms with van der Waals surface area (Å²) in [6.45, 7) is 1.22. The summed E-state index contributed by atoms with van der Waals surface area (Å²) in [5, 5.41) is 2.85. The van der Waals surface area contributed by atoms with Crippen molar-refractivity contribution in [2.24, 2.45) is 5.92 Å². The second-order valence-electron chi connectivity index (χ2n) is 5.67. The van der Waals surface area contributed by atoms with E-state index in [4.69, 9.17) is 0 Å². The molecule has 2 unspecified atom stereocenters. The number of ether oxygens (including phenoxy) is 1. The van der Waals surface area contributed by atoms with Crippen LogP contribution in [-0.4, -0.2) is 12.5 Å². The molecule has 3 nitrogen and oxygen atoms in total. The third kappa shape index (κ3) is 4.78. The van der Waals surface area contributed by atoms with Gasteiger partial charge in [-0.05, 0) is 35.7 Å². The summed E-state index contributed by atoms with van der Waals surface area (Å²) in [5.41, 5.74) is 1.51. The average Bonchev–Trinajstić information content (AvgIpc) is 2.57. The summed E-state index contributed by atoms with van der Waals surface area (Å²) >= 11 is 0. The van der Waals surface area contributed by atoms with Crippen molar-refractivity contribution in [3.8, 4) is 5.75 Å². The predicted molar refractivity (Wildman–Crippen MR) is 90.3 cm³/mol. The Morgan fingerprint density at radius 2 is 1.71 bits per heavy atom. The molecular formula is C19H21F2NO2. The zero-order valence-electron chi connectivity index (χ0n) is 13.7. The SMILES string of the molecule is CCC(C)C(C(=O)Nc1ccc(OC(F)F)cc1)c1ccccc1. The lowest BCUT2D eigenvalue weighted by Crippen LogP contribution is -2.26. The summed E-state index contributed by atoms with van der Waals surface area (Å²) in [7, 11) is 0. The predicted octanol–water partition coefficient (Wildman–Crippen LogP) is 5.06. The topological polar surface area (TPSA) is 38.3 Å². The van der Waals surface area contributed by atoms with E-state index in [0.717, 1.165) is 12.0 Å². The molecule has 2 aromatic rings. The fourth-order valence-corrected chi connectivity index (χ4v) is 2.57. The van der Waals surface area contributed by atoms with Gasteiger partial charge >= 0.3 is 6.61 Å². The first-order valence-corrected chi connectivity index (χ1v) is 7.92. The van der Waals surface area contributed by atoms with Crippen LogP contribution >= 0.6 is 0 Å². The fourth-order valence-electron chi connectivity index (χ4n) is 2.57. The van der Waals surface area contributed by atoms with E-state index in [2.05, 4.69) is 10.1 Å². The van der Waals surface area contributed by atoms with Gasteiger partial charge in [0.2, 0.25) is 5.91 Å². The first-order valence-electron chi connectivity index (χ1n) is 7.92. The number of hydrogen-bond donors (Lipinski definition) is 1. The number of hydrogen-bond acceptors (Lipinski definition) is 2. The Morgan fingerprint density at radius 1 is 1.08 bits per heavy atom. The smallest absolute Gasteiger partial charge is 0.387 e. The Labute approximate surface area is 140 Å². The molecule has 1 N–H and O–H groups in total. The van der Waals surface area contributed by atoms with Gasteiger partial charge in [0.25, 0.3) is 0 Å². The number of anilines is 1. The van der Waals surface area contributed by atoms with E-state index in [1.54, 1.807) is 12.1 Å². The van der Waals surface area contributed by atoms with Crippen LogP contribution in [0.5, 0.6) is 5.75 Å². The van der Waals surface area contributed by atoms with Crippen LogP contribution in [0, 0.1) is 5.92 Å². The molecular weight excluding hydrogens is 312 g/mol. The molecule has 1 amide bonds. The molecule has 0 fully saturated rings. The molecule has 2 rings (SSSR count). The van der Waals surface area contributed by atoms with Crippen molar-refractivity contribution in [2.75, 3.05) is 5.32 Å². The third-order valence-electron chi connectivity index (χ3n) is 4.00. The molecule has 2 aromatic carbocycles. The highest BCUT2D eigenvalue weighted by molar-refractivity contribution is 5.96. The number of alkyl halides is 2. The second-order valence-corrected chi connectivity index (χ2v) is 5.67. The second kappa shape index (κ2) is 8.43. The first-order chi connectivity index (χ1) is 11.5. The number of amides is 1. The van der Waals surface area contributed by atoms with Gasteiger partial charge in [0.1, 0.15) is 5.75 Å². The van der Waals surface area contributed by atoms with Crippen molar-refractivity contribution in [1.82, 2.24) is 0 Å². The third-order valence-corrected chi connectivity index (χ3v) is 4.00. The minimum absolute atomic E-state index is 0.0598. The van der Waals surface area contributed by atoms with Crippen LogP contribution in [0.1, 0.15) is 31.7 Å². The van der Waals surface area contributed by atoms with Crippen molar-refractivity contribution in [3.63, 3.8) is 0 Å². The van der Waals surface area contributed by atoms with E-state index in [9.17, 15) is 13.6 Å². The van der Waals surface area contributed by atoms with E-state index in [0.29, 0.717) is 5.69 Å². The highest BCUT2D eigenvalue weighted by Crippen LogP contribution is 2.29. The maximum absolute atomic E-state index is 12.7. The van der Waals surface area contributed by atoms with Gasteiger partial charge in [-0.3, -0.25) is 4.79 Å². The molecule has 2 atom stereocenters. The molecule has 0 aliphatic carbocycles. The van der Waals surface area contributed by atoms with E-state index in [-0.39, 0.29) is 23.5 Å². The molecule has 128 valence electrons. The number of halogens is 2. The first kappa shape index (κ1) is 17.9. The van der Waals surface area contributed by atoms with Crippen molar-refractivity contribution in [1.29, 1.82) is 0 Å². The minimum Gasteiger partial charge on any atom is -0.435 e. The van der Waals surface area contributed by atoms with Crippen molar-refractivity contribution in [2.45, 2.75) is 32.8 Å². The number of carbonyl (C=O) groups excluding carboxylic acids is 1. The van der Waals surface area contributed by atoms with Gasteiger partial charge in [-0.25, -0.2) is 0 Å². The van der Waals surface area contributed by atoms with Crippen LogP contribution in [-0.2, 0) is 4.79 Å². The fraction of sp³-hybridized carbons (Fsp3) is 0.316. The van der Waals surface area contributed by atoms with Crippen molar-refractivity contribution < 1.29 is 18.3 Å². The highest BCUT2D eigenvalue weighted by Gasteiger charge is 2.25. The number of carbonyl (C=O) groups is 1. The Kier molecular flexibility index (Phi) is 6.29. The van der Waals surface area contributed by atoms with Crippen LogP contribution < -0.4 is 10.1 Å². The number of nitrogens with one attached hydrogen (secondary N) is 1. The van der Waals surface area contributed by atoms with Crippen molar-refractivity contribution in [3.05, 3.63) is 60.2 Å². The molecule has 0 saturated heterocycles. The maximum Gasteiger partial charge on any atom is 0.387 e. The minimum atomic E-state index is -2.86. The Morgan fingerprint density at radius 3 is 2.25 bits per heavy atom. The van der Waals surface area contributed by atoms with E-state index >= 15 is 0 Å². The molecule has 0 spiro atoms. The summed E-state index contributed by atoms with van der Waals surface area (Å²) in [6.07, 6.45) is 0.869. The zero-order valence-corrected chi connectivity index (χ0v) is 13.7. The Bertz CT molecular complexity index is 644. The van der Waals surface area contributed by atoms with Gasteiger partial charge in [-0.2, -0.15) is 8.78 Å². The van der Waals surface area contributed by atoms with Gasteiger partial charge in [0, 0.05) is 5.69 Å². The van der Waals surface area contributed by atoms with Crippen LogP contribution in [0.3, 0.4) is 0 Å². The molecule has 24 heavy (non-hydrogen) atoms. The zero-order chi connectivity index (χ0) is 17.5. The summed E-state index contributed by atoms with van der Waals surface area (Å²) < 4.78 is 28.6. The molecule has 5 heteroatoms. The van der Waals surface area contributed by atoms with Crippen molar-refractivity contribution >= 4 is 11.6 Å². The Balaban J connectivity index is 2.13. The summed E-state index contributed by atoms with van der Waals surface area (Å²) in [6, 6.07) is 15.5. The van der Waals surface area contributed by atoms with Gasteiger partial charge in [-0.1, -0.05) is 50.6 Å². The Hall–Kier alpha value is -2.43. The molecule has 0 heterocycles. The van der Waals surface area contributed by atoms with Crippen LogP contribution in [0.15, 0.2) is 54.6 Å². The van der Waals surface area contributed by atoms with Gasteiger partial charge in [0.05, 0.1) is 5.92 Å². The molecule has 0 aliphatic heterocycles. The van der Waals surface area contributed by atoms with E-state index < -0.39 is 6.61 Å². The molecule has 0 aromatic heterocycles. The number of benzene rings is 2. The van der Waals surface area contributed by atoms with Crippen LogP contribution in [0.2, 0.25) is 0 Å². The summed E-state index contributed by atoms with van der Waals surface area (Å²) in [5.74, 6) is -0.148. The van der Waals surface area contributed by atoms with E-state index in [1.165, 1.54) is 12.1 Å². The van der Waals surface area contributed by atoms with Crippen LogP contribution in [0.25, 0.3) is 0 Å². The molecule has 0 bridgehead atoms. The quantitative estimate of drug-likeness (QED) is 0.769. The lowest BCUT2D eigenvalue weighted by molar-refractivity contribution is -0.118. The average molecular weight is 333 g/mol. The monoisotopic (exact) mass is 333 g/mol. The highest BCUT2D eigenvalue weighted by atomic mass is 19.3. The normalized spacial score (nSPS) is 13.4. The van der Waals surface area contributed by atoms with Crippen LogP contribution in [0.4, 0.5) is 14.5 Å². The molecule has 0 aliphatic rings. The largest absolute Gasteiger partial charge is 0.435 e. The lowest BCUT2D eigenvalue weighted by atomic mass is 9.85. The number of rotatable bonds is 7.